The molecule has 0 aliphatic heterocycles. The SMILES string of the molecule is C=C/C(C)=C\C=C/C.Cc1cc2c3ccccc3c3c(c4ccc5c(c4n3-c3ccccc3)=CCCC=5)c2c2ccccc12.Cc1cccc(C)c1. The molecule has 0 fully saturated rings. The van der Waals surface area contributed by atoms with Gasteiger partial charge in [-0.1, -0.05) is 169 Å². The van der Waals surface area contributed by atoms with Gasteiger partial charge in [-0.25, -0.2) is 0 Å². The summed E-state index contributed by atoms with van der Waals surface area (Å²) in [5.74, 6) is 0. The van der Waals surface area contributed by atoms with Crippen LogP contribution in [-0.4, -0.2) is 4.57 Å². The Morgan fingerprint density at radius 1 is 0.596 bits per heavy atom. The zero-order chi connectivity index (χ0) is 36.2. The molecule has 1 nitrogen and oxygen atoms in total. The molecule has 1 aliphatic rings. The van der Waals surface area contributed by atoms with Crippen molar-refractivity contribution < 1.29 is 0 Å². The van der Waals surface area contributed by atoms with Crippen molar-refractivity contribution in [3.8, 4) is 5.69 Å². The standard InChI is InChI=1S/C35H25N.C8H10.C8H12/c1-22-21-31-27-16-8-10-18-29(27)35-33(32(31)28-17-9-7-14-25(22)28)30-20-19-23-11-5-6-15-26(23)34(30)36(35)24-12-3-2-4-13-24;1-7-4-3-5-8(2)6-7;1-4-6-7-8(3)5-2/h2-4,7-21H,5-6H2,1H3;3-6H,1-2H3;4-7H,2H2,1,3H3/b;;6-4-,8-7-. The van der Waals surface area contributed by atoms with Crippen LogP contribution in [0.1, 0.15) is 43.4 Å². The van der Waals surface area contributed by atoms with Crippen molar-refractivity contribution in [1.29, 1.82) is 0 Å². The fraction of sp³-hybridized carbons (Fsp3) is 0.137. The first kappa shape index (κ1) is 34.5. The first-order valence-electron chi connectivity index (χ1n) is 18.4. The Bertz CT molecular complexity index is 2770. The maximum absolute atomic E-state index is 3.61. The molecule has 0 unspecified atom stereocenters. The molecule has 0 radical (unpaired) electrons. The summed E-state index contributed by atoms with van der Waals surface area (Å²) in [5, 5.41) is 13.4. The summed E-state index contributed by atoms with van der Waals surface area (Å²) < 4.78 is 2.54. The average molecular weight is 674 g/mol. The van der Waals surface area contributed by atoms with E-state index in [-0.39, 0.29) is 0 Å². The average Bonchev–Trinajstić information content (AvgIpc) is 3.54. The van der Waals surface area contributed by atoms with Crippen LogP contribution in [-0.2, 0) is 0 Å². The van der Waals surface area contributed by atoms with Crippen molar-refractivity contribution in [2.45, 2.75) is 47.5 Å². The number of rotatable bonds is 3. The topological polar surface area (TPSA) is 4.93 Å². The lowest BCUT2D eigenvalue weighted by Crippen LogP contribution is -2.28. The molecule has 52 heavy (non-hydrogen) atoms. The summed E-state index contributed by atoms with van der Waals surface area (Å²) in [4.78, 5) is 0. The second-order valence-electron chi connectivity index (χ2n) is 13.9. The second kappa shape index (κ2) is 15.1. The summed E-state index contributed by atoms with van der Waals surface area (Å²) in [6, 6.07) is 44.4. The number of allylic oxidation sites excluding steroid dienone is 5. The number of hydrogen-bond donors (Lipinski definition) is 0. The van der Waals surface area contributed by atoms with Crippen LogP contribution in [0.4, 0.5) is 0 Å². The van der Waals surface area contributed by atoms with Gasteiger partial charge in [0.05, 0.1) is 11.0 Å². The lowest BCUT2D eigenvalue weighted by Gasteiger charge is -2.15. The maximum Gasteiger partial charge on any atom is 0.0626 e. The highest BCUT2D eigenvalue weighted by Crippen LogP contribution is 2.44. The molecule has 0 bridgehead atoms. The van der Waals surface area contributed by atoms with Gasteiger partial charge in [-0.15, -0.1) is 0 Å². The van der Waals surface area contributed by atoms with Gasteiger partial charge in [0.25, 0.3) is 0 Å². The van der Waals surface area contributed by atoms with Gasteiger partial charge in [0.1, 0.15) is 0 Å². The number of aryl methyl sites for hydroxylation is 3. The lowest BCUT2D eigenvalue weighted by molar-refractivity contribution is 1.11. The summed E-state index contributed by atoms with van der Waals surface area (Å²) in [5.41, 5.74) is 9.05. The van der Waals surface area contributed by atoms with Gasteiger partial charge < -0.3 is 4.57 Å². The Morgan fingerprint density at radius 3 is 1.92 bits per heavy atom. The molecular weight excluding hydrogens is 627 g/mol. The van der Waals surface area contributed by atoms with E-state index >= 15 is 0 Å². The van der Waals surface area contributed by atoms with E-state index in [1.807, 2.05) is 38.2 Å². The van der Waals surface area contributed by atoms with Crippen LogP contribution >= 0.6 is 0 Å². The molecule has 0 saturated heterocycles. The molecule has 8 aromatic rings. The zero-order valence-corrected chi connectivity index (χ0v) is 31.1. The van der Waals surface area contributed by atoms with Gasteiger partial charge in [-0.05, 0) is 91.9 Å². The fourth-order valence-corrected chi connectivity index (χ4v) is 7.71. The molecule has 1 aliphatic carbocycles. The Hall–Kier alpha value is -5.92. The summed E-state index contributed by atoms with van der Waals surface area (Å²) >= 11 is 0. The molecule has 256 valence electrons. The van der Waals surface area contributed by atoms with Gasteiger partial charge in [-0.2, -0.15) is 0 Å². The largest absolute Gasteiger partial charge is 0.308 e. The van der Waals surface area contributed by atoms with Gasteiger partial charge in [0.15, 0.2) is 0 Å². The van der Waals surface area contributed by atoms with E-state index in [0.717, 1.165) is 12.8 Å². The summed E-state index contributed by atoms with van der Waals surface area (Å²) in [7, 11) is 0. The number of nitrogens with zero attached hydrogens (tertiary/aromatic N) is 1. The molecule has 7 aromatic carbocycles. The monoisotopic (exact) mass is 673 g/mol. The second-order valence-corrected chi connectivity index (χ2v) is 13.9. The number of aromatic nitrogens is 1. The van der Waals surface area contributed by atoms with E-state index in [9.17, 15) is 0 Å². The molecule has 1 aromatic heterocycles. The van der Waals surface area contributed by atoms with Crippen molar-refractivity contribution in [2.75, 3.05) is 0 Å². The van der Waals surface area contributed by atoms with Gasteiger partial charge in [0.2, 0.25) is 0 Å². The van der Waals surface area contributed by atoms with Gasteiger partial charge in [0, 0.05) is 32.5 Å². The van der Waals surface area contributed by atoms with Crippen molar-refractivity contribution >= 4 is 66.3 Å². The molecule has 0 N–H and O–H groups in total. The predicted molar refractivity (Wildman–Crippen MR) is 230 cm³/mol. The van der Waals surface area contributed by atoms with E-state index in [1.165, 1.54) is 92.5 Å². The van der Waals surface area contributed by atoms with Gasteiger partial charge >= 0.3 is 0 Å². The first-order chi connectivity index (χ1) is 25.4. The van der Waals surface area contributed by atoms with E-state index in [2.05, 4.69) is 165 Å². The highest BCUT2D eigenvalue weighted by atomic mass is 15.0. The molecular formula is C51H47N. The normalized spacial score (nSPS) is 12.6. The smallest absolute Gasteiger partial charge is 0.0626 e. The number of benzene rings is 7. The third-order valence-electron chi connectivity index (χ3n) is 10.1. The maximum atomic E-state index is 3.61. The Kier molecular flexibility index (Phi) is 10.0. The van der Waals surface area contributed by atoms with Crippen molar-refractivity contribution in [2.24, 2.45) is 0 Å². The predicted octanol–water partition coefficient (Wildman–Crippen LogP) is 12.9. The highest BCUT2D eigenvalue weighted by Gasteiger charge is 2.21. The van der Waals surface area contributed by atoms with Crippen LogP contribution in [0, 0.1) is 20.8 Å². The minimum Gasteiger partial charge on any atom is -0.308 e. The lowest BCUT2D eigenvalue weighted by atomic mass is 9.90. The third kappa shape index (κ3) is 6.51. The molecule has 0 spiro atoms. The quantitative estimate of drug-likeness (QED) is 0.130. The number of para-hydroxylation sites is 1. The molecule has 1 heterocycles. The molecule has 0 atom stereocenters. The molecule has 0 saturated carbocycles. The molecule has 1 heteroatoms. The zero-order valence-electron chi connectivity index (χ0n) is 31.1. The Labute approximate surface area is 307 Å². The van der Waals surface area contributed by atoms with Crippen molar-refractivity contribution in [3.63, 3.8) is 0 Å². The fourth-order valence-electron chi connectivity index (χ4n) is 7.71. The van der Waals surface area contributed by atoms with Crippen LogP contribution in [0.2, 0.25) is 0 Å². The van der Waals surface area contributed by atoms with Crippen LogP contribution in [0.5, 0.6) is 0 Å². The molecule has 0 amide bonds. The van der Waals surface area contributed by atoms with E-state index in [4.69, 9.17) is 0 Å². The first-order valence-corrected chi connectivity index (χ1v) is 18.4. The van der Waals surface area contributed by atoms with Crippen LogP contribution in [0.15, 0.2) is 158 Å². The highest BCUT2D eigenvalue weighted by molar-refractivity contribution is 6.37. The minimum absolute atomic E-state index is 1.09. The van der Waals surface area contributed by atoms with E-state index in [0.29, 0.717) is 0 Å². The van der Waals surface area contributed by atoms with Crippen LogP contribution < -0.4 is 10.4 Å². The Morgan fingerprint density at radius 2 is 1.25 bits per heavy atom. The van der Waals surface area contributed by atoms with Crippen molar-refractivity contribution in [1.82, 2.24) is 4.57 Å². The number of hydrogen-bond acceptors (Lipinski definition) is 0. The Balaban J connectivity index is 0.000000220. The molecule has 9 rings (SSSR count). The van der Waals surface area contributed by atoms with Crippen LogP contribution in [0.25, 0.3) is 72.0 Å². The van der Waals surface area contributed by atoms with E-state index < -0.39 is 0 Å². The third-order valence-corrected chi connectivity index (χ3v) is 10.1. The summed E-state index contributed by atoms with van der Waals surface area (Å²) in [6.45, 7) is 14.1. The minimum atomic E-state index is 1.09. The summed E-state index contributed by atoms with van der Waals surface area (Å²) in [6.07, 6.45) is 14.9. The van der Waals surface area contributed by atoms with Crippen molar-refractivity contribution in [3.05, 3.63) is 185 Å². The van der Waals surface area contributed by atoms with E-state index in [1.54, 1.807) is 0 Å². The van der Waals surface area contributed by atoms with Crippen LogP contribution in [0.3, 0.4) is 0 Å². The van der Waals surface area contributed by atoms with Gasteiger partial charge in [-0.3, -0.25) is 0 Å². The number of fused-ring (bicyclic) bond motifs is 12.